The molecule has 2 aromatic rings. The van der Waals surface area contributed by atoms with Crippen LogP contribution in [0, 0.1) is 0 Å². The van der Waals surface area contributed by atoms with Crippen LogP contribution in [-0.2, 0) is 0 Å². The molecule has 3 rings (SSSR count). The molecule has 1 aliphatic rings. The largest absolute Gasteiger partial charge is 0.497 e. The van der Waals surface area contributed by atoms with Gasteiger partial charge in [-0.3, -0.25) is 0 Å². The predicted octanol–water partition coefficient (Wildman–Crippen LogP) is 0.996. The first kappa shape index (κ1) is 11.8. The molecule has 0 aliphatic carbocycles. The van der Waals surface area contributed by atoms with E-state index in [2.05, 4.69) is 15.3 Å². The summed E-state index contributed by atoms with van der Waals surface area (Å²) in [5.41, 5.74) is 1.87. The number of aliphatic hydroxyl groups is 1. The Labute approximate surface area is 109 Å². The third kappa shape index (κ3) is 2.19. The van der Waals surface area contributed by atoms with Crippen LogP contribution in [0.3, 0.4) is 0 Å². The van der Waals surface area contributed by atoms with E-state index in [9.17, 15) is 5.11 Å². The maximum Gasteiger partial charge on any atom is 0.166 e. The monoisotopic (exact) mass is 265 g/mol. The van der Waals surface area contributed by atoms with Crippen LogP contribution in [0.5, 0.6) is 5.75 Å². The van der Waals surface area contributed by atoms with Gasteiger partial charge in [0, 0.05) is 19.2 Å². The highest BCUT2D eigenvalue weighted by Crippen LogP contribution is 2.28. The molecule has 2 unspecified atom stereocenters. The number of H-pyrrole nitrogens is 1. The molecular weight excluding hydrogens is 250 g/mol. The van der Waals surface area contributed by atoms with Crippen molar-refractivity contribution in [1.82, 2.24) is 15.3 Å². The highest BCUT2D eigenvalue weighted by molar-refractivity contribution is 7.99. The number of ether oxygens (including phenoxy) is 1. The molecule has 0 spiro atoms. The van der Waals surface area contributed by atoms with Crippen molar-refractivity contribution < 1.29 is 9.84 Å². The smallest absolute Gasteiger partial charge is 0.166 e. The standard InChI is InChI=1S/C12H15N3O2S/c1-17-7-2-3-8-9(4-7)15-12(14-8)18-11-6-13-5-10(11)16/h2-4,10-11,13,16H,5-6H2,1H3,(H,14,15). The van der Waals surface area contributed by atoms with E-state index in [4.69, 9.17) is 4.74 Å². The van der Waals surface area contributed by atoms with Gasteiger partial charge in [0.2, 0.25) is 0 Å². The van der Waals surface area contributed by atoms with Crippen molar-refractivity contribution in [2.75, 3.05) is 20.2 Å². The van der Waals surface area contributed by atoms with Crippen LogP contribution in [0.15, 0.2) is 23.4 Å². The summed E-state index contributed by atoms with van der Waals surface area (Å²) in [6, 6.07) is 5.75. The van der Waals surface area contributed by atoms with E-state index in [0.29, 0.717) is 6.54 Å². The van der Waals surface area contributed by atoms with Crippen LogP contribution >= 0.6 is 11.8 Å². The van der Waals surface area contributed by atoms with Crippen LogP contribution in [0.2, 0.25) is 0 Å². The second-order valence-corrected chi connectivity index (χ2v) is 5.53. The molecule has 0 saturated carbocycles. The molecular formula is C12H15N3O2S. The average Bonchev–Trinajstić information content (AvgIpc) is 2.95. The fourth-order valence-electron chi connectivity index (χ4n) is 2.05. The first-order chi connectivity index (χ1) is 8.76. The zero-order valence-electron chi connectivity index (χ0n) is 10.0. The van der Waals surface area contributed by atoms with E-state index in [-0.39, 0.29) is 11.4 Å². The Morgan fingerprint density at radius 2 is 2.33 bits per heavy atom. The first-order valence-corrected chi connectivity index (χ1v) is 6.73. The fraction of sp³-hybridized carbons (Fsp3) is 0.417. The van der Waals surface area contributed by atoms with Crippen molar-refractivity contribution in [1.29, 1.82) is 0 Å². The molecule has 2 atom stereocenters. The minimum atomic E-state index is -0.308. The van der Waals surface area contributed by atoms with Gasteiger partial charge in [-0.25, -0.2) is 4.98 Å². The number of aliphatic hydroxyl groups excluding tert-OH is 1. The van der Waals surface area contributed by atoms with Crippen LogP contribution in [-0.4, -0.2) is 46.6 Å². The Morgan fingerprint density at radius 1 is 1.44 bits per heavy atom. The molecule has 18 heavy (non-hydrogen) atoms. The molecule has 3 N–H and O–H groups in total. The lowest BCUT2D eigenvalue weighted by atomic mass is 10.3. The number of hydrogen-bond donors (Lipinski definition) is 3. The molecule has 1 aromatic heterocycles. The number of benzene rings is 1. The zero-order chi connectivity index (χ0) is 12.5. The minimum Gasteiger partial charge on any atom is -0.497 e. The molecule has 5 nitrogen and oxygen atoms in total. The van der Waals surface area contributed by atoms with Crippen molar-refractivity contribution >= 4 is 22.8 Å². The molecule has 0 radical (unpaired) electrons. The summed E-state index contributed by atoms with van der Waals surface area (Å²) in [5, 5.41) is 13.9. The van der Waals surface area contributed by atoms with Crippen molar-refractivity contribution in [3.8, 4) is 5.75 Å². The average molecular weight is 265 g/mol. The SMILES string of the molecule is COc1ccc2nc(SC3CNCC3O)[nH]c2c1. The van der Waals surface area contributed by atoms with Crippen LogP contribution < -0.4 is 10.1 Å². The Kier molecular flexibility index (Phi) is 3.15. The number of fused-ring (bicyclic) bond motifs is 1. The molecule has 1 aromatic carbocycles. The van der Waals surface area contributed by atoms with Gasteiger partial charge in [0.1, 0.15) is 5.75 Å². The minimum absolute atomic E-state index is 0.160. The number of β-amino-alcohol motifs (C(OH)–C–C–N with tert-alkyl or cyclic N) is 1. The first-order valence-electron chi connectivity index (χ1n) is 5.85. The summed E-state index contributed by atoms with van der Waals surface area (Å²) < 4.78 is 5.18. The number of hydrogen-bond acceptors (Lipinski definition) is 5. The van der Waals surface area contributed by atoms with Gasteiger partial charge in [-0.1, -0.05) is 11.8 Å². The van der Waals surface area contributed by atoms with Gasteiger partial charge in [-0.2, -0.15) is 0 Å². The molecule has 1 fully saturated rings. The molecule has 2 heterocycles. The fourth-order valence-corrected chi connectivity index (χ4v) is 3.11. The Hall–Kier alpha value is -1.24. The molecule has 0 bridgehead atoms. The van der Waals surface area contributed by atoms with Crippen LogP contribution in [0.4, 0.5) is 0 Å². The number of aromatic amines is 1. The topological polar surface area (TPSA) is 70.2 Å². The lowest BCUT2D eigenvalue weighted by molar-refractivity contribution is 0.201. The lowest BCUT2D eigenvalue weighted by Gasteiger charge is -2.09. The van der Waals surface area contributed by atoms with E-state index in [0.717, 1.165) is 28.5 Å². The number of aromatic nitrogens is 2. The van der Waals surface area contributed by atoms with Gasteiger partial charge < -0.3 is 20.1 Å². The highest BCUT2D eigenvalue weighted by Gasteiger charge is 2.26. The molecule has 1 saturated heterocycles. The van der Waals surface area contributed by atoms with Gasteiger partial charge in [0.05, 0.1) is 29.5 Å². The summed E-state index contributed by atoms with van der Waals surface area (Å²) >= 11 is 1.58. The lowest BCUT2D eigenvalue weighted by Crippen LogP contribution is -2.20. The van der Waals surface area contributed by atoms with E-state index in [1.807, 2.05) is 18.2 Å². The van der Waals surface area contributed by atoms with E-state index in [1.165, 1.54) is 0 Å². The third-order valence-corrected chi connectivity index (χ3v) is 4.26. The van der Waals surface area contributed by atoms with E-state index >= 15 is 0 Å². The Morgan fingerprint density at radius 3 is 3.06 bits per heavy atom. The summed E-state index contributed by atoms with van der Waals surface area (Å²) in [6.07, 6.45) is -0.308. The van der Waals surface area contributed by atoms with Crippen molar-refractivity contribution in [3.63, 3.8) is 0 Å². The molecule has 0 amide bonds. The second-order valence-electron chi connectivity index (χ2n) is 4.31. The number of imidazole rings is 1. The van der Waals surface area contributed by atoms with Crippen molar-refractivity contribution in [2.24, 2.45) is 0 Å². The molecule has 1 aliphatic heterocycles. The normalized spacial score (nSPS) is 23.7. The van der Waals surface area contributed by atoms with E-state index in [1.54, 1.807) is 18.9 Å². The van der Waals surface area contributed by atoms with Crippen molar-refractivity contribution in [3.05, 3.63) is 18.2 Å². The van der Waals surface area contributed by atoms with Crippen LogP contribution in [0.1, 0.15) is 0 Å². The quantitative estimate of drug-likeness (QED) is 0.772. The van der Waals surface area contributed by atoms with Gasteiger partial charge in [0.25, 0.3) is 0 Å². The van der Waals surface area contributed by atoms with E-state index < -0.39 is 0 Å². The molecule has 96 valence electrons. The third-order valence-electron chi connectivity index (χ3n) is 3.06. The van der Waals surface area contributed by atoms with Crippen molar-refractivity contribution in [2.45, 2.75) is 16.5 Å². The number of thioether (sulfide) groups is 1. The number of rotatable bonds is 3. The molecule has 6 heteroatoms. The summed E-state index contributed by atoms with van der Waals surface area (Å²) in [7, 11) is 1.65. The Balaban J connectivity index is 1.84. The maximum atomic E-state index is 9.76. The maximum absolute atomic E-state index is 9.76. The number of nitrogens with one attached hydrogen (secondary N) is 2. The highest BCUT2D eigenvalue weighted by atomic mass is 32.2. The second kappa shape index (κ2) is 4.79. The number of nitrogens with zero attached hydrogens (tertiary/aromatic N) is 1. The van der Waals surface area contributed by atoms with Gasteiger partial charge >= 0.3 is 0 Å². The Bertz CT molecular complexity index is 557. The van der Waals surface area contributed by atoms with Gasteiger partial charge in [0.15, 0.2) is 5.16 Å². The zero-order valence-corrected chi connectivity index (χ0v) is 10.8. The number of methoxy groups -OCH3 is 1. The predicted molar refractivity (Wildman–Crippen MR) is 71.2 cm³/mol. The summed E-state index contributed by atoms with van der Waals surface area (Å²) in [6.45, 7) is 1.47. The van der Waals surface area contributed by atoms with Gasteiger partial charge in [-0.05, 0) is 12.1 Å². The van der Waals surface area contributed by atoms with Crippen LogP contribution in [0.25, 0.3) is 11.0 Å². The summed E-state index contributed by atoms with van der Waals surface area (Å²) in [5.74, 6) is 0.810. The summed E-state index contributed by atoms with van der Waals surface area (Å²) in [4.78, 5) is 7.75. The van der Waals surface area contributed by atoms with Gasteiger partial charge in [-0.15, -0.1) is 0 Å².